The largest absolute Gasteiger partial charge is 0.330 e. The van der Waals surface area contributed by atoms with Crippen molar-refractivity contribution in [2.45, 2.75) is 59.5 Å². The number of hydrogen-bond donors (Lipinski definition) is 3. The van der Waals surface area contributed by atoms with Gasteiger partial charge in [-0.05, 0) is 24.5 Å². The third kappa shape index (κ3) is 4.74. The van der Waals surface area contributed by atoms with E-state index in [1.165, 1.54) is 4.57 Å². The zero-order chi connectivity index (χ0) is 23.5. The van der Waals surface area contributed by atoms with E-state index in [9.17, 15) is 14.4 Å². The highest BCUT2D eigenvalue weighted by Crippen LogP contribution is 2.17. The molecular formula is C23H29N7O3. The molecule has 4 rings (SSSR count). The van der Waals surface area contributed by atoms with Crippen LogP contribution in [0.2, 0.25) is 0 Å². The minimum Gasteiger partial charge on any atom is -0.324 e. The number of nitrogens with one attached hydrogen (secondary N) is 3. The quantitative estimate of drug-likeness (QED) is 0.360. The predicted molar refractivity (Wildman–Crippen MR) is 127 cm³/mol. The minimum absolute atomic E-state index is 0.162. The van der Waals surface area contributed by atoms with Crippen LogP contribution in [0.3, 0.4) is 0 Å². The van der Waals surface area contributed by atoms with E-state index in [1.807, 2.05) is 49.6 Å². The van der Waals surface area contributed by atoms with Crippen molar-refractivity contribution in [1.29, 1.82) is 0 Å². The van der Waals surface area contributed by atoms with Gasteiger partial charge >= 0.3 is 5.69 Å². The SMILES string of the molecule is CCCCn1c(=O)[nH]c(=O)c2c1nc(CCC(=O)Nc1nc3ccccc3[nH]1)n2CC(C)C. The Morgan fingerprint density at radius 3 is 2.64 bits per heavy atom. The Balaban J connectivity index is 1.61. The Kier molecular flexibility index (Phi) is 6.43. The molecule has 33 heavy (non-hydrogen) atoms. The maximum atomic E-state index is 12.7. The number of H-pyrrole nitrogens is 2. The number of unbranched alkanes of at least 4 members (excludes halogenated alkanes) is 1. The molecule has 10 heteroatoms. The monoisotopic (exact) mass is 451 g/mol. The van der Waals surface area contributed by atoms with Gasteiger partial charge in [0, 0.05) is 25.9 Å². The first-order valence-electron chi connectivity index (χ1n) is 11.3. The number of aryl methyl sites for hydroxylation is 2. The van der Waals surface area contributed by atoms with E-state index in [1.54, 1.807) is 0 Å². The lowest BCUT2D eigenvalue weighted by molar-refractivity contribution is -0.116. The minimum atomic E-state index is -0.454. The summed E-state index contributed by atoms with van der Waals surface area (Å²) in [6, 6.07) is 7.54. The number of aromatic nitrogens is 6. The summed E-state index contributed by atoms with van der Waals surface area (Å²) in [4.78, 5) is 52.3. The van der Waals surface area contributed by atoms with Crippen molar-refractivity contribution in [2.75, 3.05) is 5.32 Å². The van der Waals surface area contributed by atoms with Crippen LogP contribution >= 0.6 is 0 Å². The van der Waals surface area contributed by atoms with Crippen molar-refractivity contribution in [3.8, 4) is 0 Å². The number of aromatic amines is 2. The van der Waals surface area contributed by atoms with Crippen molar-refractivity contribution >= 4 is 34.1 Å². The number of carbonyl (C=O) groups excluding carboxylic acids is 1. The van der Waals surface area contributed by atoms with Crippen LogP contribution in [0.1, 0.15) is 45.9 Å². The molecule has 3 N–H and O–H groups in total. The van der Waals surface area contributed by atoms with Gasteiger partial charge in [-0.25, -0.2) is 14.8 Å². The van der Waals surface area contributed by atoms with Crippen molar-refractivity contribution in [2.24, 2.45) is 5.92 Å². The van der Waals surface area contributed by atoms with Gasteiger partial charge in [0.15, 0.2) is 11.2 Å². The first kappa shape index (κ1) is 22.5. The third-order valence-corrected chi connectivity index (χ3v) is 5.47. The summed E-state index contributed by atoms with van der Waals surface area (Å²) in [7, 11) is 0. The Labute approximate surface area is 190 Å². The molecule has 0 saturated carbocycles. The standard InChI is InChI=1S/C23H29N7O3/c1-4-5-12-29-20-19(21(32)28-23(29)33)30(13-14(2)3)17(26-20)10-11-18(31)27-22-24-15-8-6-7-9-16(15)25-22/h6-9,14H,4-5,10-13H2,1-3H3,(H,28,32,33)(H2,24,25,27,31). The van der Waals surface area contributed by atoms with Gasteiger partial charge < -0.3 is 9.55 Å². The van der Waals surface area contributed by atoms with Crippen LogP contribution < -0.4 is 16.6 Å². The summed E-state index contributed by atoms with van der Waals surface area (Å²) >= 11 is 0. The van der Waals surface area contributed by atoms with Gasteiger partial charge in [0.05, 0.1) is 11.0 Å². The van der Waals surface area contributed by atoms with E-state index in [0.29, 0.717) is 42.4 Å². The second-order valence-corrected chi connectivity index (χ2v) is 8.62. The Bertz CT molecular complexity index is 1370. The maximum Gasteiger partial charge on any atom is 0.330 e. The highest BCUT2D eigenvalue weighted by Gasteiger charge is 2.20. The first-order chi connectivity index (χ1) is 15.9. The first-order valence-corrected chi connectivity index (χ1v) is 11.3. The fourth-order valence-electron chi connectivity index (χ4n) is 3.93. The van der Waals surface area contributed by atoms with E-state index in [2.05, 4.69) is 25.3 Å². The molecule has 10 nitrogen and oxygen atoms in total. The van der Waals surface area contributed by atoms with Crippen molar-refractivity contribution in [3.63, 3.8) is 0 Å². The third-order valence-electron chi connectivity index (χ3n) is 5.47. The summed E-state index contributed by atoms with van der Waals surface area (Å²) in [6.45, 7) is 7.17. The summed E-state index contributed by atoms with van der Waals surface area (Å²) in [5.74, 6) is 1.04. The Hall–Kier alpha value is -3.69. The summed E-state index contributed by atoms with van der Waals surface area (Å²) in [6.07, 6.45) is 2.20. The molecular weight excluding hydrogens is 422 g/mol. The van der Waals surface area contributed by atoms with E-state index >= 15 is 0 Å². The topological polar surface area (TPSA) is 130 Å². The van der Waals surface area contributed by atoms with E-state index in [0.717, 1.165) is 23.9 Å². The van der Waals surface area contributed by atoms with Crippen LogP contribution in [0.5, 0.6) is 0 Å². The van der Waals surface area contributed by atoms with Crippen LogP contribution in [-0.2, 0) is 24.3 Å². The number of amides is 1. The summed E-state index contributed by atoms with van der Waals surface area (Å²) in [5, 5.41) is 2.79. The molecule has 0 aliphatic rings. The van der Waals surface area contributed by atoms with Gasteiger partial charge in [-0.2, -0.15) is 0 Å². The number of carbonyl (C=O) groups is 1. The average Bonchev–Trinajstić information content (AvgIpc) is 3.32. The van der Waals surface area contributed by atoms with E-state index in [4.69, 9.17) is 0 Å². The van der Waals surface area contributed by atoms with E-state index in [-0.39, 0.29) is 18.2 Å². The molecule has 174 valence electrons. The normalized spacial score (nSPS) is 11.6. The van der Waals surface area contributed by atoms with Gasteiger partial charge in [-0.1, -0.05) is 39.3 Å². The van der Waals surface area contributed by atoms with Crippen LogP contribution in [0, 0.1) is 5.92 Å². The Morgan fingerprint density at radius 2 is 1.91 bits per heavy atom. The molecule has 0 radical (unpaired) electrons. The number of nitrogens with zero attached hydrogens (tertiary/aromatic N) is 4. The van der Waals surface area contributed by atoms with E-state index < -0.39 is 11.2 Å². The highest BCUT2D eigenvalue weighted by molar-refractivity contribution is 5.91. The van der Waals surface area contributed by atoms with Crippen LogP contribution in [0.15, 0.2) is 33.9 Å². The molecule has 0 unspecified atom stereocenters. The molecule has 0 spiro atoms. The number of hydrogen-bond acceptors (Lipinski definition) is 5. The second kappa shape index (κ2) is 9.43. The lowest BCUT2D eigenvalue weighted by Gasteiger charge is -2.11. The molecule has 0 aliphatic heterocycles. The van der Waals surface area contributed by atoms with Crippen molar-refractivity contribution in [1.82, 2.24) is 29.1 Å². The van der Waals surface area contributed by atoms with Crippen molar-refractivity contribution in [3.05, 3.63) is 50.9 Å². The smallest absolute Gasteiger partial charge is 0.324 e. The zero-order valence-electron chi connectivity index (χ0n) is 19.1. The fourth-order valence-corrected chi connectivity index (χ4v) is 3.93. The Morgan fingerprint density at radius 1 is 1.12 bits per heavy atom. The van der Waals surface area contributed by atoms with Crippen molar-refractivity contribution < 1.29 is 4.79 Å². The molecule has 1 amide bonds. The number of anilines is 1. The van der Waals surface area contributed by atoms with Gasteiger partial charge in [-0.3, -0.25) is 24.5 Å². The average molecular weight is 452 g/mol. The molecule has 3 heterocycles. The van der Waals surface area contributed by atoms with Gasteiger partial charge in [0.1, 0.15) is 5.82 Å². The molecule has 0 atom stereocenters. The number of para-hydroxylation sites is 2. The summed E-state index contributed by atoms with van der Waals surface area (Å²) < 4.78 is 3.37. The predicted octanol–water partition coefficient (Wildman–Crippen LogP) is 2.79. The molecule has 0 saturated heterocycles. The molecule has 3 aromatic heterocycles. The van der Waals surface area contributed by atoms with Gasteiger partial charge in [-0.15, -0.1) is 0 Å². The highest BCUT2D eigenvalue weighted by atomic mass is 16.2. The summed E-state index contributed by atoms with van der Waals surface area (Å²) in [5.41, 5.74) is 1.47. The molecule has 0 bridgehead atoms. The number of fused-ring (bicyclic) bond motifs is 2. The number of benzene rings is 1. The van der Waals surface area contributed by atoms with Gasteiger partial charge in [0.25, 0.3) is 5.56 Å². The maximum absolute atomic E-state index is 12.7. The van der Waals surface area contributed by atoms with Gasteiger partial charge in [0.2, 0.25) is 11.9 Å². The fraction of sp³-hybridized carbons (Fsp3) is 0.435. The lowest BCUT2D eigenvalue weighted by Crippen LogP contribution is -2.31. The van der Waals surface area contributed by atoms with Crippen LogP contribution in [0.4, 0.5) is 5.95 Å². The van der Waals surface area contributed by atoms with Crippen LogP contribution in [-0.4, -0.2) is 35.0 Å². The number of imidazole rings is 2. The molecule has 0 aliphatic carbocycles. The number of rotatable bonds is 9. The van der Waals surface area contributed by atoms with Crippen LogP contribution in [0.25, 0.3) is 22.2 Å². The molecule has 4 aromatic rings. The zero-order valence-corrected chi connectivity index (χ0v) is 19.1. The lowest BCUT2D eigenvalue weighted by atomic mass is 10.2. The molecule has 1 aromatic carbocycles. The second-order valence-electron chi connectivity index (χ2n) is 8.62. The molecule has 0 fully saturated rings.